The second-order valence-electron chi connectivity index (χ2n) is 6.11. The maximum Gasteiger partial charge on any atom is 0.0197 e. The van der Waals surface area contributed by atoms with E-state index >= 15 is 0 Å². The van der Waals surface area contributed by atoms with Crippen molar-refractivity contribution in [3.05, 3.63) is 0 Å². The summed E-state index contributed by atoms with van der Waals surface area (Å²) in [6.07, 6.45) is 8.95. The summed E-state index contributed by atoms with van der Waals surface area (Å²) in [7, 11) is 2.19. The summed E-state index contributed by atoms with van der Waals surface area (Å²) in [5.74, 6) is 3.38. The van der Waals surface area contributed by atoms with Crippen LogP contribution in [0.25, 0.3) is 0 Å². The van der Waals surface area contributed by atoms with E-state index in [2.05, 4.69) is 31.1 Å². The first-order valence-electron chi connectivity index (χ1n) is 6.52. The SMILES string of the molecule is CCSC12CC3CC(CC(NC)(C3)C1)C2. The van der Waals surface area contributed by atoms with E-state index in [-0.39, 0.29) is 0 Å². The van der Waals surface area contributed by atoms with Gasteiger partial charge in [-0.1, -0.05) is 6.92 Å². The molecular formula is C13H23NS. The van der Waals surface area contributed by atoms with E-state index in [0.717, 1.165) is 11.8 Å². The molecule has 0 aliphatic heterocycles. The molecule has 0 aromatic carbocycles. The molecule has 2 atom stereocenters. The van der Waals surface area contributed by atoms with Crippen LogP contribution in [0.5, 0.6) is 0 Å². The summed E-state index contributed by atoms with van der Waals surface area (Å²) < 4.78 is 0.668. The van der Waals surface area contributed by atoms with Crippen LogP contribution in [-0.4, -0.2) is 23.1 Å². The maximum atomic E-state index is 3.68. The van der Waals surface area contributed by atoms with Gasteiger partial charge in [-0.3, -0.25) is 0 Å². The van der Waals surface area contributed by atoms with Crippen molar-refractivity contribution in [1.82, 2.24) is 5.32 Å². The molecule has 1 nitrogen and oxygen atoms in total. The van der Waals surface area contributed by atoms with E-state index in [1.807, 2.05) is 0 Å². The van der Waals surface area contributed by atoms with Gasteiger partial charge < -0.3 is 5.32 Å². The molecule has 2 heteroatoms. The topological polar surface area (TPSA) is 12.0 Å². The minimum atomic E-state index is 0.534. The van der Waals surface area contributed by atoms with Crippen LogP contribution in [-0.2, 0) is 0 Å². The molecule has 2 unspecified atom stereocenters. The van der Waals surface area contributed by atoms with Gasteiger partial charge >= 0.3 is 0 Å². The quantitative estimate of drug-likeness (QED) is 0.792. The third kappa shape index (κ3) is 1.56. The summed E-state index contributed by atoms with van der Waals surface area (Å²) in [4.78, 5) is 0. The number of rotatable bonds is 3. The third-order valence-electron chi connectivity index (χ3n) is 4.99. The maximum absolute atomic E-state index is 3.68. The number of hydrogen-bond acceptors (Lipinski definition) is 2. The lowest BCUT2D eigenvalue weighted by Gasteiger charge is -2.62. The van der Waals surface area contributed by atoms with E-state index in [1.165, 1.54) is 44.3 Å². The highest BCUT2D eigenvalue weighted by atomic mass is 32.2. The highest BCUT2D eigenvalue weighted by Crippen LogP contribution is 2.61. The molecule has 1 N–H and O–H groups in total. The van der Waals surface area contributed by atoms with Gasteiger partial charge in [-0.05, 0) is 63.2 Å². The average Bonchev–Trinajstić information content (AvgIpc) is 2.15. The summed E-state index contributed by atoms with van der Waals surface area (Å²) in [5.41, 5.74) is 0.534. The minimum absolute atomic E-state index is 0.534. The molecule has 4 saturated carbocycles. The van der Waals surface area contributed by atoms with Gasteiger partial charge in [0.1, 0.15) is 0 Å². The van der Waals surface area contributed by atoms with Gasteiger partial charge in [0, 0.05) is 10.3 Å². The van der Waals surface area contributed by atoms with Crippen molar-refractivity contribution in [3.63, 3.8) is 0 Å². The summed E-state index contributed by atoms with van der Waals surface area (Å²) in [5, 5.41) is 3.68. The van der Waals surface area contributed by atoms with Gasteiger partial charge in [-0.25, -0.2) is 0 Å². The number of thioether (sulfide) groups is 1. The van der Waals surface area contributed by atoms with Crippen molar-refractivity contribution in [2.75, 3.05) is 12.8 Å². The van der Waals surface area contributed by atoms with Crippen LogP contribution in [0.3, 0.4) is 0 Å². The molecule has 0 amide bonds. The van der Waals surface area contributed by atoms with Gasteiger partial charge in [0.15, 0.2) is 0 Å². The van der Waals surface area contributed by atoms with Crippen LogP contribution >= 0.6 is 11.8 Å². The standard InChI is InChI=1S/C13H23NS/c1-3-15-13-7-10-4-11(8-13)6-12(5-10,9-13)14-2/h10-11,14H,3-9H2,1-2H3. The van der Waals surface area contributed by atoms with Crippen LogP contribution in [0.15, 0.2) is 0 Å². The Hall–Kier alpha value is 0.310. The van der Waals surface area contributed by atoms with Crippen LogP contribution in [0.2, 0.25) is 0 Å². The average molecular weight is 225 g/mol. The predicted molar refractivity (Wildman–Crippen MR) is 67.3 cm³/mol. The second kappa shape index (κ2) is 3.40. The van der Waals surface area contributed by atoms with Crippen molar-refractivity contribution in [3.8, 4) is 0 Å². The fourth-order valence-electron chi connectivity index (χ4n) is 4.95. The minimum Gasteiger partial charge on any atom is -0.314 e. The Morgan fingerprint density at radius 2 is 1.87 bits per heavy atom. The zero-order valence-corrected chi connectivity index (χ0v) is 10.8. The number of nitrogens with one attached hydrogen (secondary N) is 1. The Kier molecular flexibility index (Phi) is 2.37. The molecule has 86 valence electrons. The Labute approximate surface area is 97.8 Å². The Bertz CT molecular complexity index is 249. The van der Waals surface area contributed by atoms with Crippen molar-refractivity contribution in [2.45, 2.75) is 55.7 Å². The van der Waals surface area contributed by atoms with Gasteiger partial charge in [-0.15, -0.1) is 0 Å². The van der Waals surface area contributed by atoms with Crippen molar-refractivity contribution >= 4 is 11.8 Å². The van der Waals surface area contributed by atoms with Crippen LogP contribution in [0.1, 0.15) is 45.4 Å². The lowest BCUT2D eigenvalue weighted by molar-refractivity contribution is 0.000556. The van der Waals surface area contributed by atoms with E-state index in [9.17, 15) is 0 Å². The Balaban J connectivity index is 1.88. The molecule has 4 fully saturated rings. The summed E-state index contributed by atoms with van der Waals surface area (Å²) in [6.45, 7) is 2.33. The van der Waals surface area contributed by atoms with Crippen LogP contribution in [0, 0.1) is 11.8 Å². The molecule has 0 saturated heterocycles. The Morgan fingerprint density at radius 3 is 2.40 bits per heavy atom. The van der Waals surface area contributed by atoms with Gasteiger partial charge in [0.05, 0.1) is 0 Å². The first-order valence-corrected chi connectivity index (χ1v) is 7.51. The first-order chi connectivity index (χ1) is 7.19. The lowest BCUT2D eigenvalue weighted by Crippen LogP contribution is -2.62. The fraction of sp³-hybridized carbons (Fsp3) is 1.00. The molecule has 4 aliphatic carbocycles. The summed E-state index contributed by atoms with van der Waals surface area (Å²) >= 11 is 2.26. The van der Waals surface area contributed by atoms with Crippen molar-refractivity contribution in [1.29, 1.82) is 0 Å². The smallest absolute Gasteiger partial charge is 0.0197 e. The molecule has 0 aromatic heterocycles. The van der Waals surface area contributed by atoms with Crippen molar-refractivity contribution in [2.24, 2.45) is 11.8 Å². The van der Waals surface area contributed by atoms with E-state index in [4.69, 9.17) is 0 Å². The molecule has 0 spiro atoms. The second-order valence-corrected chi connectivity index (χ2v) is 7.84. The molecule has 0 aromatic rings. The van der Waals surface area contributed by atoms with Gasteiger partial charge in [-0.2, -0.15) is 11.8 Å². The molecular weight excluding hydrogens is 202 g/mol. The zero-order valence-electron chi connectivity index (χ0n) is 10.0. The monoisotopic (exact) mass is 225 g/mol. The van der Waals surface area contributed by atoms with E-state index in [0.29, 0.717) is 10.3 Å². The third-order valence-corrected chi connectivity index (χ3v) is 6.37. The highest BCUT2D eigenvalue weighted by Gasteiger charge is 2.57. The molecule has 0 radical (unpaired) electrons. The molecule has 4 rings (SSSR count). The first kappa shape index (κ1) is 10.5. The molecule has 0 heterocycles. The lowest BCUT2D eigenvalue weighted by atomic mass is 9.52. The van der Waals surface area contributed by atoms with Crippen LogP contribution in [0.4, 0.5) is 0 Å². The molecule has 4 aliphatic rings. The predicted octanol–water partition coefficient (Wildman–Crippen LogP) is 3.05. The van der Waals surface area contributed by atoms with Crippen molar-refractivity contribution < 1.29 is 0 Å². The Morgan fingerprint density at radius 1 is 1.20 bits per heavy atom. The molecule has 4 bridgehead atoms. The largest absolute Gasteiger partial charge is 0.314 e. The highest BCUT2D eigenvalue weighted by molar-refractivity contribution is 8.00. The van der Waals surface area contributed by atoms with Gasteiger partial charge in [0.25, 0.3) is 0 Å². The van der Waals surface area contributed by atoms with E-state index in [1.54, 1.807) is 0 Å². The van der Waals surface area contributed by atoms with E-state index < -0.39 is 0 Å². The van der Waals surface area contributed by atoms with Gasteiger partial charge in [0.2, 0.25) is 0 Å². The number of hydrogen-bond donors (Lipinski definition) is 1. The fourth-order valence-corrected chi connectivity index (χ4v) is 6.64. The molecule has 15 heavy (non-hydrogen) atoms. The normalized spacial score (nSPS) is 52.4. The summed E-state index contributed by atoms with van der Waals surface area (Å²) in [6, 6.07) is 0. The zero-order chi connectivity index (χ0) is 10.5. The van der Waals surface area contributed by atoms with Crippen LogP contribution < -0.4 is 5.32 Å².